The molecule has 1 heterocycles. The fourth-order valence-electron chi connectivity index (χ4n) is 1.95. The highest BCUT2D eigenvalue weighted by Crippen LogP contribution is 2.38. The van der Waals surface area contributed by atoms with Crippen LogP contribution in [0.1, 0.15) is 55.6 Å². The maximum atomic E-state index is 11.9. The molecule has 88 valence electrons. The fraction of sp³-hybridized carbons (Fsp3) is 0.667. The molecule has 0 unspecified atom stereocenters. The van der Waals surface area contributed by atoms with Crippen molar-refractivity contribution in [2.24, 2.45) is 5.73 Å². The van der Waals surface area contributed by atoms with Crippen LogP contribution in [0.4, 0.5) is 0 Å². The van der Waals surface area contributed by atoms with Gasteiger partial charge in [0.1, 0.15) is 5.82 Å². The molecule has 0 radical (unpaired) electrons. The summed E-state index contributed by atoms with van der Waals surface area (Å²) in [6, 6.07) is 0. The molecule has 4 heteroatoms. The summed E-state index contributed by atoms with van der Waals surface area (Å²) in [6.07, 6.45) is 2.91. The lowest BCUT2D eigenvalue weighted by Gasteiger charge is -2.12. The number of hydrogen-bond acceptors (Lipinski definition) is 3. The smallest absolute Gasteiger partial charge is 0.254 e. The van der Waals surface area contributed by atoms with Crippen molar-refractivity contribution in [2.45, 2.75) is 44.9 Å². The number of nitrogens with one attached hydrogen (secondary N) is 1. The highest BCUT2D eigenvalue weighted by atomic mass is 16.1. The molecule has 1 aliphatic rings. The van der Waals surface area contributed by atoms with Crippen LogP contribution in [-0.2, 0) is 6.42 Å². The van der Waals surface area contributed by atoms with Gasteiger partial charge >= 0.3 is 0 Å². The first-order valence-corrected chi connectivity index (χ1v) is 5.96. The minimum Gasteiger partial charge on any atom is -0.330 e. The van der Waals surface area contributed by atoms with Crippen LogP contribution in [0.3, 0.4) is 0 Å². The normalized spacial score (nSPS) is 15.8. The summed E-state index contributed by atoms with van der Waals surface area (Å²) in [6.45, 7) is 4.63. The minimum atomic E-state index is 0.00560. The van der Waals surface area contributed by atoms with E-state index in [9.17, 15) is 4.79 Å². The van der Waals surface area contributed by atoms with E-state index < -0.39 is 0 Å². The third kappa shape index (κ3) is 2.16. The second-order valence-corrected chi connectivity index (χ2v) is 4.78. The van der Waals surface area contributed by atoms with Crippen LogP contribution < -0.4 is 11.3 Å². The van der Waals surface area contributed by atoms with E-state index >= 15 is 0 Å². The summed E-state index contributed by atoms with van der Waals surface area (Å²) in [7, 11) is 0. The highest BCUT2D eigenvalue weighted by Gasteiger charge is 2.27. The first-order valence-electron chi connectivity index (χ1n) is 5.96. The molecular formula is C12H19N3O. The quantitative estimate of drug-likeness (QED) is 0.804. The van der Waals surface area contributed by atoms with Crippen LogP contribution in [0.25, 0.3) is 0 Å². The molecular weight excluding hydrogens is 202 g/mol. The Bertz CT molecular complexity index is 432. The Morgan fingerprint density at radius 3 is 2.69 bits per heavy atom. The Hall–Kier alpha value is -1.16. The van der Waals surface area contributed by atoms with Crippen molar-refractivity contribution in [3.05, 3.63) is 27.4 Å². The number of H-pyrrole nitrogens is 1. The first-order chi connectivity index (χ1) is 7.63. The number of nitrogens with two attached hydrogens (primary N) is 1. The van der Waals surface area contributed by atoms with Gasteiger partial charge in [-0.25, -0.2) is 4.98 Å². The Kier molecular flexibility index (Phi) is 3.10. The Morgan fingerprint density at radius 2 is 2.19 bits per heavy atom. The van der Waals surface area contributed by atoms with Gasteiger partial charge in [0.2, 0.25) is 0 Å². The molecule has 0 amide bonds. The van der Waals surface area contributed by atoms with Crippen LogP contribution in [0, 0.1) is 0 Å². The van der Waals surface area contributed by atoms with E-state index in [1.807, 2.05) is 0 Å². The van der Waals surface area contributed by atoms with Gasteiger partial charge in [0, 0.05) is 11.5 Å². The van der Waals surface area contributed by atoms with Crippen LogP contribution in [-0.4, -0.2) is 16.5 Å². The third-order valence-electron chi connectivity index (χ3n) is 2.97. The zero-order chi connectivity index (χ0) is 11.7. The molecule has 0 saturated heterocycles. The first kappa shape index (κ1) is 11.3. The molecule has 1 aromatic heterocycles. The Morgan fingerprint density at radius 1 is 1.50 bits per heavy atom. The summed E-state index contributed by atoms with van der Waals surface area (Å²) in [4.78, 5) is 19.4. The lowest BCUT2D eigenvalue weighted by Crippen LogP contribution is -2.23. The summed E-state index contributed by atoms with van der Waals surface area (Å²) in [5.41, 5.74) is 7.23. The summed E-state index contributed by atoms with van der Waals surface area (Å²) >= 11 is 0. The van der Waals surface area contributed by atoms with Gasteiger partial charge in [-0.1, -0.05) is 13.8 Å². The van der Waals surface area contributed by atoms with E-state index in [1.165, 1.54) is 0 Å². The van der Waals surface area contributed by atoms with E-state index in [0.717, 1.165) is 29.9 Å². The number of rotatable bonds is 4. The SMILES string of the molecule is CC(C)c1nc(C2CC2)[nH]c(=O)c1CCN. The molecule has 0 spiro atoms. The van der Waals surface area contributed by atoms with Crippen molar-refractivity contribution in [3.63, 3.8) is 0 Å². The molecule has 0 aliphatic heterocycles. The number of aromatic nitrogens is 2. The second kappa shape index (κ2) is 4.37. The molecule has 16 heavy (non-hydrogen) atoms. The molecule has 0 aromatic carbocycles. The van der Waals surface area contributed by atoms with Crippen molar-refractivity contribution < 1.29 is 0 Å². The summed E-state index contributed by atoms with van der Waals surface area (Å²) < 4.78 is 0. The highest BCUT2D eigenvalue weighted by molar-refractivity contribution is 5.23. The maximum Gasteiger partial charge on any atom is 0.254 e. The Labute approximate surface area is 95.3 Å². The molecule has 1 aromatic rings. The molecule has 0 bridgehead atoms. The van der Waals surface area contributed by atoms with Gasteiger partial charge in [0.15, 0.2) is 0 Å². The monoisotopic (exact) mass is 221 g/mol. The van der Waals surface area contributed by atoms with Gasteiger partial charge in [-0.3, -0.25) is 4.79 Å². The topological polar surface area (TPSA) is 71.8 Å². The van der Waals surface area contributed by atoms with Crippen molar-refractivity contribution in [2.75, 3.05) is 6.54 Å². The van der Waals surface area contributed by atoms with Crippen LogP contribution >= 0.6 is 0 Å². The van der Waals surface area contributed by atoms with E-state index in [0.29, 0.717) is 18.9 Å². The fourth-order valence-corrected chi connectivity index (χ4v) is 1.95. The lowest BCUT2D eigenvalue weighted by atomic mass is 10.0. The Balaban J connectivity index is 2.46. The summed E-state index contributed by atoms with van der Waals surface area (Å²) in [5.74, 6) is 1.63. The van der Waals surface area contributed by atoms with Crippen LogP contribution in [0.2, 0.25) is 0 Å². The van der Waals surface area contributed by atoms with Crippen LogP contribution in [0.15, 0.2) is 4.79 Å². The zero-order valence-electron chi connectivity index (χ0n) is 9.92. The lowest BCUT2D eigenvalue weighted by molar-refractivity contribution is 0.742. The van der Waals surface area contributed by atoms with Crippen molar-refractivity contribution in [3.8, 4) is 0 Å². The average molecular weight is 221 g/mol. The van der Waals surface area contributed by atoms with Gasteiger partial charge in [0.25, 0.3) is 5.56 Å². The third-order valence-corrected chi connectivity index (χ3v) is 2.97. The predicted octanol–water partition coefficient (Wildman–Crippen LogP) is 1.27. The van der Waals surface area contributed by atoms with Crippen molar-refractivity contribution in [1.82, 2.24) is 9.97 Å². The molecule has 1 aliphatic carbocycles. The van der Waals surface area contributed by atoms with E-state index in [-0.39, 0.29) is 11.5 Å². The molecule has 0 atom stereocenters. The second-order valence-electron chi connectivity index (χ2n) is 4.78. The molecule has 3 N–H and O–H groups in total. The number of aromatic amines is 1. The minimum absolute atomic E-state index is 0.00560. The predicted molar refractivity (Wildman–Crippen MR) is 63.7 cm³/mol. The molecule has 1 fully saturated rings. The molecule has 4 nitrogen and oxygen atoms in total. The number of hydrogen-bond donors (Lipinski definition) is 2. The van der Waals surface area contributed by atoms with Gasteiger partial charge in [-0.15, -0.1) is 0 Å². The largest absolute Gasteiger partial charge is 0.330 e. The van der Waals surface area contributed by atoms with Gasteiger partial charge < -0.3 is 10.7 Å². The standard InChI is InChI=1S/C12H19N3O/c1-7(2)10-9(5-6-13)12(16)15-11(14-10)8-3-4-8/h7-8H,3-6,13H2,1-2H3,(H,14,15,16). The molecule has 1 saturated carbocycles. The summed E-state index contributed by atoms with van der Waals surface area (Å²) in [5, 5.41) is 0. The van der Waals surface area contributed by atoms with Crippen molar-refractivity contribution in [1.29, 1.82) is 0 Å². The number of nitrogens with zero attached hydrogens (tertiary/aromatic N) is 1. The molecule has 2 rings (SSSR count). The van der Waals surface area contributed by atoms with E-state index in [4.69, 9.17) is 5.73 Å². The van der Waals surface area contributed by atoms with Gasteiger partial charge in [-0.2, -0.15) is 0 Å². The maximum absolute atomic E-state index is 11.9. The van der Waals surface area contributed by atoms with Crippen molar-refractivity contribution >= 4 is 0 Å². The van der Waals surface area contributed by atoms with Crippen LogP contribution in [0.5, 0.6) is 0 Å². The van der Waals surface area contributed by atoms with E-state index in [2.05, 4.69) is 23.8 Å². The zero-order valence-corrected chi connectivity index (χ0v) is 9.92. The van der Waals surface area contributed by atoms with E-state index in [1.54, 1.807) is 0 Å². The van der Waals surface area contributed by atoms with Gasteiger partial charge in [0.05, 0.1) is 5.69 Å². The average Bonchev–Trinajstić information content (AvgIpc) is 3.04. The van der Waals surface area contributed by atoms with Gasteiger partial charge in [-0.05, 0) is 31.7 Å².